The second-order valence-electron chi connectivity index (χ2n) is 7.82. The number of fused-ring (bicyclic) bond motifs is 3. The highest BCUT2D eigenvalue weighted by atomic mass is 15.1. The molecule has 4 rings (SSSR count). The maximum absolute atomic E-state index is 6.23. The summed E-state index contributed by atoms with van der Waals surface area (Å²) in [6.45, 7) is 9.28. The predicted octanol–water partition coefficient (Wildman–Crippen LogP) is 3.91. The summed E-state index contributed by atoms with van der Waals surface area (Å²) < 4.78 is 2.44. The van der Waals surface area contributed by atoms with Crippen molar-refractivity contribution in [3.63, 3.8) is 0 Å². The molecule has 4 heteroatoms. The van der Waals surface area contributed by atoms with Crippen molar-refractivity contribution in [1.82, 2.24) is 0 Å². The molecule has 5 N–H and O–H groups in total. The van der Waals surface area contributed by atoms with Crippen LogP contribution in [0.25, 0.3) is 27.2 Å². The van der Waals surface area contributed by atoms with Gasteiger partial charge >= 0.3 is 0 Å². The molecule has 0 amide bonds. The molecule has 4 nitrogen and oxygen atoms in total. The third kappa shape index (κ3) is 4.80. The fraction of sp³-hybridized carbons (Fsp3) is 0.296. The Morgan fingerprint density at radius 3 is 2.39 bits per heavy atom. The molecule has 1 atom stereocenters. The van der Waals surface area contributed by atoms with E-state index in [9.17, 15) is 0 Å². The molecule has 0 bridgehead atoms. The van der Waals surface area contributed by atoms with Gasteiger partial charge in [-0.1, -0.05) is 44.2 Å². The Balaban J connectivity index is 0.00000132. The van der Waals surface area contributed by atoms with Gasteiger partial charge in [-0.2, -0.15) is 4.57 Å². The molecule has 0 spiro atoms. The Morgan fingerprint density at radius 1 is 0.935 bits per heavy atom. The summed E-state index contributed by atoms with van der Waals surface area (Å²) in [5.41, 5.74) is 17.6. The number of quaternary nitrogens is 1. The lowest BCUT2D eigenvalue weighted by Gasteiger charge is -2.15. The van der Waals surface area contributed by atoms with Gasteiger partial charge in [-0.05, 0) is 43.7 Å². The molecule has 3 aromatic rings. The molecule has 162 valence electrons. The Morgan fingerprint density at radius 2 is 1.65 bits per heavy atom. The molecule has 31 heavy (non-hydrogen) atoms. The Hall–Kier alpha value is -3.11. The first-order chi connectivity index (χ1) is 15.1. The van der Waals surface area contributed by atoms with E-state index in [0.29, 0.717) is 0 Å². The van der Waals surface area contributed by atoms with Crippen LogP contribution in [0.5, 0.6) is 0 Å². The Bertz CT molecular complexity index is 1160. The number of nitrogen functional groups attached to an aromatic ring is 2. The molecule has 0 aliphatic heterocycles. The van der Waals surface area contributed by atoms with Gasteiger partial charge in [0.15, 0.2) is 6.54 Å². The van der Waals surface area contributed by atoms with E-state index >= 15 is 0 Å². The normalized spacial score (nSPS) is 14.1. The molecule has 1 unspecified atom stereocenters. The maximum Gasteiger partial charge on any atom is 0.220 e. The lowest BCUT2D eigenvalue weighted by Crippen LogP contribution is -3.09. The van der Waals surface area contributed by atoms with Crippen molar-refractivity contribution in [3.8, 4) is 0 Å². The van der Waals surface area contributed by atoms with Crippen molar-refractivity contribution in [1.29, 1.82) is 0 Å². The van der Waals surface area contributed by atoms with E-state index < -0.39 is 0 Å². The van der Waals surface area contributed by atoms with Gasteiger partial charge in [-0.15, -0.1) is 0 Å². The minimum Gasteiger partial charge on any atom is -0.399 e. The van der Waals surface area contributed by atoms with Gasteiger partial charge in [0.05, 0.1) is 24.4 Å². The summed E-state index contributed by atoms with van der Waals surface area (Å²) in [7, 11) is 2.24. The first kappa shape index (κ1) is 22.6. The number of nitrogens with one attached hydrogen (secondary N) is 1. The smallest absolute Gasteiger partial charge is 0.220 e. The van der Waals surface area contributed by atoms with Crippen molar-refractivity contribution >= 4 is 38.6 Å². The number of allylic oxidation sites excluding steroid dienone is 6. The van der Waals surface area contributed by atoms with Crippen LogP contribution in [0.15, 0.2) is 66.8 Å². The van der Waals surface area contributed by atoms with Crippen LogP contribution < -0.4 is 20.9 Å². The van der Waals surface area contributed by atoms with E-state index in [1.807, 2.05) is 26.0 Å². The topological polar surface area (TPSA) is 60.4 Å². The summed E-state index contributed by atoms with van der Waals surface area (Å²) in [6.07, 6.45) is 11.8. The first-order valence-corrected chi connectivity index (χ1v) is 11.4. The fourth-order valence-corrected chi connectivity index (χ4v) is 4.04. The zero-order valence-electron chi connectivity index (χ0n) is 19.3. The maximum atomic E-state index is 6.23. The molecule has 0 saturated heterocycles. The van der Waals surface area contributed by atoms with E-state index in [1.165, 1.54) is 37.8 Å². The zero-order valence-corrected chi connectivity index (χ0v) is 19.3. The van der Waals surface area contributed by atoms with Crippen molar-refractivity contribution in [3.05, 3.63) is 72.5 Å². The number of nitrogens with zero attached hydrogens (tertiary/aromatic N) is 1. The SMILES string of the molecule is CC.CC[NH+](C)CC[n+]1c(C2=CCC=CC=C2)c2cc(N)ccc2c2ccc(N)cc21. The largest absolute Gasteiger partial charge is 0.399 e. The van der Waals surface area contributed by atoms with Gasteiger partial charge in [0.1, 0.15) is 6.54 Å². The molecule has 2 aromatic carbocycles. The number of benzene rings is 2. The van der Waals surface area contributed by atoms with Crippen LogP contribution in [0.3, 0.4) is 0 Å². The quantitative estimate of drug-likeness (QED) is 0.336. The van der Waals surface area contributed by atoms with Gasteiger partial charge < -0.3 is 16.4 Å². The number of aromatic nitrogens is 1. The Labute approximate surface area is 186 Å². The molecule has 0 fully saturated rings. The van der Waals surface area contributed by atoms with E-state index in [2.05, 4.69) is 73.2 Å². The second kappa shape index (κ2) is 10.3. The van der Waals surface area contributed by atoms with E-state index in [4.69, 9.17) is 11.5 Å². The standard InChI is InChI=1S/C25H28N4.C2H6/c1-3-28(2)14-15-29-24-17-20(27)11-13-22(24)21-12-10-19(26)16-23(21)25(29)18-8-6-4-5-7-9-18;1-2/h4-6,8-13,16-17,27H,3,7,14-15,26H2,1-2H3;1-2H3/p+2. The molecular weight excluding hydrogens is 380 g/mol. The van der Waals surface area contributed by atoms with Gasteiger partial charge in [0, 0.05) is 28.4 Å². The molecule has 1 aliphatic rings. The van der Waals surface area contributed by atoms with Crippen LogP contribution in [0, 0.1) is 0 Å². The van der Waals surface area contributed by atoms with Crippen molar-refractivity contribution in [2.75, 3.05) is 31.6 Å². The lowest BCUT2D eigenvalue weighted by atomic mass is 9.97. The third-order valence-electron chi connectivity index (χ3n) is 5.81. The number of hydrogen-bond acceptors (Lipinski definition) is 2. The molecule has 0 radical (unpaired) electrons. The van der Waals surface area contributed by atoms with Crippen molar-refractivity contribution < 1.29 is 9.47 Å². The molecular formula is C27H36N4+2. The molecule has 1 heterocycles. The third-order valence-corrected chi connectivity index (χ3v) is 5.81. The minimum absolute atomic E-state index is 0.785. The van der Waals surface area contributed by atoms with Gasteiger partial charge in [0.25, 0.3) is 0 Å². The number of likely N-dealkylation sites (N-methyl/N-ethyl adjacent to an activating group) is 1. The highest BCUT2D eigenvalue weighted by Gasteiger charge is 2.25. The summed E-state index contributed by atoms with van der Waals surface area (Å²) in [5.74, 6) is 0. The van der Waals surface area contributed by atoms with Crippen LogP contribution in [0.2, 0.25) is 0 Å². The van der Waals surface area contributed by atoms with E-state index in [0.717, 1.165) is 37.4 Å². The van der Waals surface area contributed by atoms with Crippen molar-refractivity contribution in [2.45, 2.75) is 33.7 Å². The monoisotopic (exact) mass is 416 g/mol. The number of hydrogen-bond donors (Lipinski definition) is 3. The number of anilines is 2. The highest BCUT2D eigenvalue weighted by molar-refractivity contribution is 6.09. The lowest BCUT2D eigenvalue weighted by molar-refractivity contribution is -0.897. The predicted molar refractivity (Wildman–Crippen MR) is 135 cm³/mol. The van der Waals surface area contributed by atoms with E-state index in [-0.39, 0.29) is 0 Å². The van der Waals surface area contributed by atoms with Crippen LogP contribution in [-0.2, 0) is 6.54 Å². The fourth-order valence-electron chi connectivity index (χ4n) is 4.04. The molecule has 1 aromatic heterocycles. The first-order valence-electron chi connectivity index (χ1n) is 11.4. The van der Waals surface area contributed by atoms with Gasteiger partial charge in [-0.25, -0.2) is 0 Å². The second-order valence-corrected chi connectivity index (χ2v) is 7.82. The number of rotatable bonds is 5. The van der Waals surface area contributed by atoms with Crippen LogP contribution in [0.1, 0.15) is 32.9 Å². The summed E-state index contributed by atoms with van der Waals surface area (Å²) >= 11 is 0. The molecule has 0 saturated carbocycles. The number of pyridine rings is 1. The van der Waals surface area contributed by atoms with Crippen LogP contribution >= 0.6 is 0 Å². The minimum atomic E-state index is 0.785. The average Bonchev–Trinajstić information content (AvgIpc) is 3.07. The summed E-state index contributed by atoms with van der Waals surface area (Å²) in [5, 5.41) is 3.61. The van der Waals surface area contributed by atoms with Crippen LogP contribution in [-0.4, -0.2) is 20.1 Å². The highest BCUT2D eigenvalue weighted by Crippen LogP contribution is 2.32. The van der Waals surface area contributed by atoms with E-state index in [1.54, 1.807) is 0 Å². The van der Waals surface area contributed by atoms with Gasteiger partial charge in [-0.3, -0.25) is 0 Å². The Kier molecular flexibility index (Phi) is 7.48. The summed E-state index contributed by atoms with van der Waals surface area (Å²) in [6, 6.07) is 12.5. The zero-order chi connectivity index (χ0) is 22.4. The van der Waals surface area contributed by atoms with Gasteiger partial charge in [0.2, 0.25) is 11.2 Å². The average molecular weight is 417 g/mol. The van der Waals surface area contributed by atoms with Crippen molar-refractivity contribution in [2.24, 2.45) is 0 Å². The molecule has 1 aliphatic carbocycles. The number of nitrogens with two attached hydrogens (primary N) is 2. The van der Waals surface area contributed by atoms with Crippen LogP contribution in [0.4, 0.5) is 11.4 Å². The summed E-state index contributed by atoms with van der Waals surface area (Å²) in [4.78, 5) is 1.50.